The Labute approximate surface area is 275 Å². The molecule has 3 aliphatic heterocycles. The number of aromatic nitrogens is 2. The number of halogens is 2. The average molecular weight is 676 g/mol. The molecule has 4 fully saturated rings. The SMILES string of the molecule is O=C(Nc1nc(-c2cc(Cl)cs2)c(N2CC3CCCC(N4CCCC4)C3C2)s1)c1cnc(N2CCC(C(=O)O)CC2)c(Cl)c1. The molecule has 3 aromatic heterocycles. The zero-order chi connectivity index (χ0) is 30.4. The molecule has 234 valence electrons. The number of nitrogens with zero attached hydrogens (tertiary/aromatic N) is 5. The molecule has 0 radical (unpaired) electrons. The summed E-state index contributed by atoms with van der Waals surface area (Å²) in [6.45, 7) is 5.60. The number of hydrogen-bond acceptors (Lipinski definition) is 9. The summed E-state index contributed by atoms with van der Waals surface area (Å²) in [5.74, 6) is 0.475. The lowest BCUT2D eigenvalue weighted by Gasteiger charge is -2.38. The van der Waals surface area contributed by atoms with Crippen LogP contribution in [0.3, 0.4) is 0 Å². The Morgan fingerprint density at radius 3 is 2.48 bits per heavy atom. The first-order valence-corrected chi connectivity index (χ1v) is 18.0. The highest BCUT2D eigenvalue weighted by Gasteiger charge is 2.44. The van der Waals surface area contributed by atoms with E-state index in [9.17, 15) is 14.7 Å². The first-order chi connectivity index (χ1) is 21.3. The van der Waals surface area contributed by atoms with Gasteiger partial charge >= 0.3 is 5.97 Å². The number of carboxylic acid groups (broad SMARTS) is 1. The summed E-state index contributed by atoms with van der Waals surface area (Å²) >= 11 is 16.0. The quantitative estimate of drug-likeness (QED) is 0.281. The molecule has 3 unspecified atom stereocenters. The minimum atomic E-state index is -0.763. The number of thiophene rings is 1. The Morgan fingerprint density at radius 1 is 0.977 bits per heavy atom. The second-order valence-electron chi connectivity index (χ2n) is 12.5. The molecular formula is C31H36Cl2N6O3S2. The summed E-state index contributed by atoms with van der Waals surface area (Å²) in [6, 6.07) is 4.24. The highest BCUT2D eigenvalue weighted by atomic mass is 35.5. The monoisotopic (exact) mass is 674 g/mol. The summed E-state index contributed by atoms with van der Waals surface area (Å²) in [7, 11) is 0. The van der Waals surface area contributed by atoms with E-state index in [1.54, 1.807) is 17.4 Å². The maximum Gasteiger partial charge on any atom is 0.306 e. The van der Waals surface area contributed by atoms with Gasteiger partial charge in [-0.1, -0.05) is 41.0 Å². The van der Waals surface area contributed by atoms with Gasteiger partial charge in [-0.05, 0) is 75.6 Å². The lowest BCUT2D eigenvalue weighted by atomic mass is 9.77. The number of likely N-dealkylation sites (tertiary alicyclic amines) is 1. The van der Waals surface area contributed by atoms with Gasteiger partial charge in [0.05, 0.1) is 26.4 Å². The topological polar surface area (TPSA) is 102 Å². The minimum Gasteiger partial charge on any atom is -0.481 e. The third-order valence-corrected chi connectivity index (χ3v) is 12.4. The molecule has 9 nitrogen and oxygen atoms in total. The van der Waals surface area contributed by atoms with Crippen LogP contribution < -0.4 is 15.1 Å². The van der Waals surface area contributed by atoms with E-state index in [4.69, 9.17) is 28.2 Å². The number of carbonyl (C=O) groups is 2. The fourth-order valence-electron chi connectivity index (χ4n) is 7.61. The molecule has 1 aliphatic carbocycles. The zero-order valence-electron chi connectivity index (χ0n) is 24.4. The number of pyridine rings is 1. The first kappa shape index (κ1) is 30.2. The predicted molar refractivity (Wildman–Crippen MR) is 178 cm³/mol. The maximum absolute atomic E-state index is 13.4. The largest absolute Gasteiger partial charge is 0.481 e. The molecule has 0 bridgehead atoms. The first-order valence-electron chi connectivity index (χ1n) is 15.5. The van der Waals surface area contributed by atoms with Gasteiger partial charge in [-0.15, -0.1) is 11.3 Å². The van der Waals surface area contributed by atoms with E-state index >= 15 is 0 Å². The van der Waals surface area contributed by atoms with Crippen molar-refractivity contribution >= 4 is 73.7 Å². The van der Waals surface area contributed by atoms with E-state index in [1.165, 1.54) is 62.7 Å². The molecule has 44 heavy (non-hydrogen) atoms. The van der Waals surface area contributed by atoms with Gasteiger partial charge < -0.3 is 19.8 Å². The van der Waals surface area contributed by atoms with E-state index in [2.05, 4.69) is 20.1 Å². The van der Waals surface area contributed by atoms with Crippen LogP contribution in [-0.2, 0) is 4.79 Å². The molecule has 3 aromatic rings. The van der Waals surface area contributed by atoms with Crippen molar-refractivity contribution in [1.29, 1.82) is 0 Å². The van der Waals surface area contributed by atoms with E-state index in [1.807, 2.05) is 16.3 Å². The fraction of sp³-hybridized carbons (Fsp3) is 0.548. The molecule has 3 saturated heterocycles. The average Bonchev–Trinajstić information content (AvgIpc) is 3.83. The van der Waals surface area contributed by atoms with Crippen LogP contribution in [0.25, 0.3) is 10.6 Å². The molecule has 1 amide bonds. The van der Waals surface area contributed by atoms with Gasteiger partial charge in [0, 0.05) is 43.8 Å². The standard InChI is InChI=1S/C31H36Cl2N6O3S2/c32-21-13-25(43-17-21)26-29(39-15-19-4-3-5-24(22(19)16-39)37-8-1-2-9-37)44-31(35-26)36-28(40)20-12-23(33)27(34-14-20)38-10-6-18(7-11-38)30(41)42/h12-14,17-19,22,24H,1-11,15-16H2,(H,41,42)(H,35,36,40). The van der Waals surface area contributed by atoms with Crippen molar-refractivity contribution in [1.82, 2.24) is 14.9 Å². The molecule has 6 heterocycles. The van der Waals surface area contributed by atoms with Crippen LogP contribution in [-0.4, -0.2) is 77.2 Å². The molecule has 13 heteroatoms. The maximum atomic E-state index is 13.4. The molecule has 1 saturated carbocycles. The number of anilines is 3. The Balaban J connectivity index is 1.09. The van der Waals surface area contributed by atoms with E-state index in [-0.39, 0.29) is 11.8 Å². The third-order valence-electron chi connectivity index (χ3n) is 9.82. The number of carboxylic acids is 1. The van der Waals surface area contributed by atoms with Crippen LogP contribution in [0.2, 0.25) is 10.0 Å². The molecule has 0 aromatic carbocycles. The Morgan fingerprint density at radius 2 is 1.77 bits per heavy atom. The molecule has 7 rings (SSSR count). The minimum absolute atomic E-state index is 0.323. The van der Waals surface area contributed by atoms with Gasteiger partial charge in [0.1, 0.15) is 16.5 Å². The van der Waals surface area contributed by atoms with Crippen molar-refractivity contribution in [2.24, 2.45) is 17.8 Å². The van der Waals surface area contributed by atoms with Gasteiger partial charge in [-0.25, -0.2) is 9.97 Å². The predicted octanol–water partition coefficient (Wildman–Crippen LogP) is 6.83. The molecule has 2 N–H and O–H groups in total. The number of hydrogen-bond donors (Lipinski definition) is 2. The number of aliphatic carboxylic acids is 1. The van der Waals surface area contributed by atoms with Crippen molar-refractivity contribution in [2.75, 3.05) is 54.4 Å². The Kier molecular flexibility index (Phi) is 8.76. The summed E-state index contributed by atoms with van der Waals surface area (Å²) in [4.78, 5) is 42.3. The van der Waals surface area contributed by atoms with Crippen molar-refractivity contribution in [2.45, 2.75) is 51.0 Å². The van der Waals surface area contributed by atoms with Crippen molar-refractivity contribution in [3.63, 3.8) is 0 Å². The molecule has 0 spiro atoms. The van der Waals surface area contributed by atoms with E-state index < -0.39 is 5.97 Å². The van der Waals surface area contributed by atoms with E-state index in [0.29, 0.717) is 70.4 Å². The summed E-state index contributed by atoms with van der Waals surface area (Å²) in [5, 5.41) is 16.9. The van der Waals surface area contributed by atoms with Crippen molar-refractivity contribution in [3.05, 3.63) is 39.3 Å². The number of fused-ring (bicyclic) bond motifs is 1. The lowest BCUT2D eigenvalue weighted by molar-refractivity contribution is -0.142. The Bertz CT molecular complexity index is 1530. The zero-order valence-corrected chi connectivity index (χ0v) is 27.5. The second kappa shape index (κ2) is 12.7. The van der Waals surface area contributed by atoms with Gasteiger partial charge in [-0.3, -0.25) is 14.9 Å². The van der Waals surface area contributed by atoms with Gasteiger partial charge in [0.25, 0.3) is 5.91 Å². The van der Waals surface area contributed by atoms with Gasteiger partial charge in [0.2, 0.25) is 0 Å². The van der Waals surface area contributed by atoms with Crippen LogP contribution in [0.15, 0.2) is 23.7 Å². The Hall–Kier alpha value is -2.44. The number of rotatable bonds is 7. The highest BCUT2D eigenvalue weighted by molar-refractivity contribution is 7.21. The van der Waals surface area contributed by atoms with Crippen molar-refractivity contribution < 1.29 is 14.7 Å². The number of nitrogens with one attached hydrogen (secondary N) is 1. The number of carbonyl (C=O) groups excluding carboxylic acids is 1. The molecule has 3 atom stereocenters. The lowest BCUT2D eigenvalue weighted by Crippen LogP contribution is -2.44. The molecule has 4 aliphatic rings. The number of thiazole rings is 1. The van der Waals surface area contributed by atoms with Gasteiger partial charge in [0.15, 0.2) is 5.13 Å². The fourth-order valence-corrected chi connectivity index (χ4v) is 10.0. The third kappa shape index (κ3) is 6.06. The van der Waals surface area contributed by atoms with Crippen molar-refractivity contribution in [3.8, 4) is 10.6 Å². The van der Waals surface area contributed by atoms with Crippen LogP contribution in [0.1, 0.15) is 55.3 Å². The number of amides is 1. The highest BCUT2D eigenvalue weighted by Crippen LogP contribution is 2.47. The normalized spacial score (nSPS) is 24.5. The van der Waals surface area contributed by atoms with Gasteiger partial charge in [-0.2, -0.15) is 0 Å². The summed E-state index contributed by atoms with van der Waals surface area (Å²) in [6.07, 6.45) is 9.09. The van der Waals surface area contributed by atoms with Crippen LogP contribution in [0.5, 0.6) is 0 Å². The van der Waals surface area contributed by atoms with Crippen LogP contribution in [0, 0.1) is 17.8 Å². The number of piperidine rings is 1. The van der Waals surface area contributed by atoms with Crippen LogP contribution >= 0.6 is 45.9 Å². The van der Waals surface area contributed by atoms with E-state index in [0.717, 1.165) is 28.7 Å². The second-order valence-corrected chi connectivity index (χ2v) is 15.2. The summed E-state index contributed by atoms with van der Waals surface area (Å²) < 4.78 is 0. The summed E-state index contributed by atoms with van der Waals surface area (Å²) in [5.41, 5.74) is 1.21. The molecular weight excluding hydrogens is 639 g/mol. The van der Waals surface area contributed by atoms with Crippen LogP contribution in [0.4, 0.5) is 16.0 Å². The smallest absolute Gasteiger partial charge is 0.306 e.